The van der Waals surface area contributed by atoms with Crippen LogP contribution in [0, 0.1) is 5.92 Å². The molecule has 1 saturated carbocycles. The first kappa shape index (κ1) is 27.9. The average Bonchev–Trinajstić information content (AvgIpc) is 2.98. The van der Waals surface area contributed by atoms with Crippen molar-refractivity contribution in [2.75, 3.05) is 19.6 Å². The third kappa shape index (κ3) is 6.22. The molecule has 2 amide bonds. The van der Waals surface area contributed by atoms with Crippen LogP contribution in [0.4, 0.5) is 0 Å². The van der Waals surface area contributed by atoms with E-state index in [0.717, 1.165) is 50.0 Å². The summed E-state index contributed by atoms with van der Waals surface area (Å²) in [6, 6.07) is 17.5. The summed E-state index contributed by atoms with van der Waals surface area (Å²) < 4.78 is 0. The molecule has 6 nitrogen and oxygen atoms in total. The number of benzene rings is 2. The lowest BCUT2D eigenvalue weighted by Gasteiger charge is -2.52. The number of nitrogens with zero attached hydrogens (tertiary/aromatic N) is 2. The average molecular weight is 532 g/mol. The van der Waals surface area contributed by atoms with Gasteiger partial charge in [0.05, 0.1) is 0 Å². The van der Waals surface area contributed by atoms with Crippen LogP contribution >= 0.6 is 0 Å². The van der Waals surface area contributed by atoms with Gasteiger partial charge in [0.25, 0.3) is 0 Å². The Balaban J connectivity index is 1.21. The standard InChI is InChI=1S/C33H45N3O3/c1-2-3-20-36-31(38)29(23-25-10-6-4-7-11-25)34-32(39)33(36)18-21-35(22-19-33)24-26-14-16-28(17-15-26)30(37)27-12-8-5-9-13-27/h5,8-9,12-17,25,29-30,37H,2-4,6-7,10-11,18-24H2,1H3,(H,34,39). The van der Waals surface area contributed by atoms with E-state index < -0.39 is 11.6 Å². The van der Waals surface area contributed by atoms with Crippen molar-refractivity contribution < 1.29 is 14.7 Å². The lowest BCUT2D eigenvalue weighted by Crippen LogP contribution is -2.73. The van der Waals surface area contributed by atoms with Crippen LogP contribution in [0.3, 0.4) is 0 Å². The van der Waals surface area contributed by atoms with Gasteiger partial charge in [-0.1, -0.05) is 100 Å². The zero-order chi connectivity index (χ0) is 27.2. The molecule has 2 unspecified atom stereocenters. The number of aliphatic hydroxyl groups is 1. The van der Waals surface area contributed by atoms with Crippen LogP contribution in [0.2, 0.25) is 0 Å². The molecule has 1 aliphatic carbocycles. The van der Waals surface area contributed by atoms with Gasteiger partial charge in [-0.25, -0.2) is 0 Å². The monoisotopic (exact) mass is 531 g/mol. The summed E-state index contributed by atoms with van der Waals surface area (Å²) in [4.78, 5) is 31.8. The Bertz CT molecular complexity index is 1090. The number of carbonyl (C=O) groups excluding carboxylic acids is 2. The molecule has 1 spiro atoms. The fraction of sp³-hybridized carbons (Fsp3) is 0.576. The number of hydrogen-bond donors (Lipinski definition) is 2. The summed E-state index contributed by atoms with van der Waals surface area (Å²) in [7, 11) is 0. The van der Waals surface area contributed by atoms with Crippen molar-refractivity contribution >= 4 is 11.8 Å². The van der Waals surface area contributed by atoms with Gasteiger partial charge in [-0.2, -0.15) is 0 Å². The number of nitrogens with one attached hydrogen (secondary N) is 1. The Kier molecular flexibility index (Phi) is 9.03. The third-order valence-electron chi connectivity index (χ3n) is 9.34. The van der Waals surface area contributed by atoms with Gasteiger partial charge in [0.15, 0.2) is 0 Å². The van der Waals surface area contributed by atoms with E-state index in [1.165, 1.54) is 37.7 Å². The topological polar surface area (TPSA) is 72.9 Å². The van der Waals surface area contributed by atoms with E-state index in [0.29, 0.717) is 25.3 Å². The molecule has 2 aromatic carbocycles. The second kappa shape index (κ2) is 12.6. The van der Waals surface area contributed by atoms with Gasteiger partial charge < -0.3 is 15.3 Å². The van der Waals surface area contributed by atoms with Crippen LogP contribution in [-0.4, -0.2) is 57.9 Å². The number of carbonyl (C=O) groups is 2. The number of likely N-dealkylation sites (tertiary alicyclic amines) is 1. The molecule has 2 N–H and O–H groups in total. The number of piperidine rings is 1. The Morgan fingerprint density at radius 3 is 2.28 bits per heavy atom. The van der Waals surface area contributed by atoms with E-state index >= 15 is 0 Å². The van der Waals surface area contributed by atoms with Crippen LogP contribution < -0.4 is 5.32 Å². The quantitative estimate of drug-likeness (QED) is 0.467. The number of piperazine rings is 1. The molecule has 39 heavy (non-hydrogen) atoms. The highest BCUT2D eigenvalue weighted by molar-refractivity contribution is 6.00. The first-order valence-electron chi connectivity index (χ1n) is 15.2. The van der Waals surface area contributed by atoms with Crippen molar-refractivity contribution in [3.8, 4) is 0 Å². The van der Waals surface area contributed by atoms with Gasteiger partial charge >= 0.3 is 0 Å². The highest BCUT2D eigenvalue weighted by Crippen LogP contribution is 2.36. The predicted octanol–water partition coefficient (Wildman–Crippen LogP) is 5.20. The molecule has 0 aromatic heterocycles. The minimum atomic E-state index is -0.713. The van der Waals surface area contributed by atoms with Crippen LogP contribution in [-0.2, 0) is 16.1 Å². The minimum Gasteiger partial charge on any atom is -0.384 e. The van der Waals surface area contributed by atoms with Crippen molar-refractivity contribution in [1.29, 1.82) is 0 Å². The molecular weight excluding hydrogens is 486 g/mol. The van der Waals surface area contributed by atoms with Crippen LogP contribution in [0.25, 0.3) is 0 Å². The third-order valence-corrected chi connectivity index (χ3v) is 9.34. The van der Waals surface area contributed by atoms with Crippen molar-refractivity contribution in [2.45, 2.75) is 95.4 Å². The van der Waals surface area contributed by atoms with Gasteiger partial charge in [-0.15, -0.1) is 0 Å². The predicted molar refractivity (Wildman–Crippen MR) is 154 cm³/mol. The molecule has 6 heteroatoms. The zero-order valence-electron chi connectivity index (χ0n) is 23.5. The van der Waals surface area contributed by atoms with Crippen LogP contribution in [0.1, 0.15) is 93.9 Å². The van der Waals surface area contributed by atoms with E-state index in [1.54, 1.807) is 0 Å². The molecule has 3 aliphatic rings. The number of rotatable bonds is 9. The molecule has 2 aliphatic heterocycles. The molecule has 0 radical (unpaired) electrons. The highest BCUT2D eigenvalue weighted by atomic mass is 16.3. The van der Waals surface area contributed by atoms with E-state index in [9.17, 15) is 14.7 Å². The first-order chi connectivity index (χ1) is 19.0. The largest absolute Gasteiger partial charge is 0.384 e. The van der Waals surface area contributed by atoms with E-state index in [2.05, 4.69) is 29.3 Å². The van der Waals surface area contributed by atoms with Gasteiger partial charge in [0.2, 0.25) is 11.8 Å². The maximum absolute atomic E-state index is 13.8. The SMILES string of the molecule is CCCCN1C(=O)C(CC2CCCCC2)NC(=O)C12CCN(Cc1ccc(C(O)c3ccccc3)cc1)CC2. The van der Waals surface area contributed by atoms with Crippen LogP contribution in [0.15, 0.2) is 54.6 Å². The Morgan fingerprint density at radius 1 is 0.949 bits per heavy atom. The Hall–Kier alpha value is -2.70. The molecule has 210 valence electrons. The van der Waals surface area contributed by atoms with Gasteiger partial charge in [-0.3, -0.25) is 14.5 Å². The van der Waals surface area contributed by atoms with Gasteiger partial charge in [-0.05, 0) is 48.3 Å². The summed E-state index contributed by atoms with van der Waals surface area (Å²) in [5.41, 5.74) is 2.25. The molecule has 2 saturated heterocycles. The van der Waals surface area contributed by atoms with E-state index in [-0.39, 0.29) is 17.9 Å². The second-order valence-electron chi connectivity index (χ2n) is 12.0. The van der Waals surface area contributed by atoms with Crippen LogP contribution in [0.5, 0.6) is 0 Å². The molecule has 2 aromatic rings. The normalized spacial score (nSPS) is 23.1. The lowest BCUT2D eigenvalue weighted by molar-refractivity contribution is -0.162. The number of unbranched alkanes of at least 4 members (excludes halogenated alkanes) is 1. The highest BCUT2D eigenvalue weighted by Gasteiger charge is 2.53. The molecule has 5 rings (SSSR count). The number of aliphatic hydroxyl groups excluding tert-OH is 1. The smallest absolute Gasteiger partial charge is 0.246 e. The lowest BCUT2D eigenvalue weighted by atomic mass is 9.79. The van der Waals surface area contributed by atoms with E-state index in [1.807, 2.05) is 47.4 Å². The van der Waals surface area contributed by atoms with E-state index in [4.69, 9.17) is 0 Å². The van der Waals surface area contributed by atoms with Gasteiger partial charge in [0.1, 0.15) is 17.7 Å². The maximum atomic E-state index is 13.8. The summed E-state index contributed by atoms with van der Waals surface area (Å²) >= 11 is 0. The summed E-state index contributed by atoms with van der Waals surface area (Å²) in [5, 5.41) is 13.9. The van der Waals surface area contributed by atoms with Crippen molar-refractivity contribution in [2.24, 2.45) is 5.92 Å². The fourth-order valence-electron chi connectivity index (χ4n) is 6.90. The van der Waals surface area contributed by atoms with Gasteiger partial charge in [0, 0.05) is 26.2 Å². The summed E-state index contributed by atoms with van der Waals surface area (Å²) in [6.07, 6.45) is 9.61. The van der Waals surface area contributed by atoms with Crippen molar-refractivity contribution in [3.63, 3.8) is 0 Å². The second-order valence-corrected chi connectivity index (χ2v) is 12.0. The fourth-order valence-corrected chi connectivity index (χ4v) is 6.90. The Labute approximate surface area is 233 Å². The first-order valence-corrected chi connectivity index (χ1v) is 15.2. The minimum absolute atomic E-state index is 0.0675. The molecular formula is C33H45N3O3. The maximum Gasteiger partial charge on any atom is 0.246 e. The van der Waals surface area contributed by atoms with Crippen molar-refractivity contribution in [1.82, 2.24) is 15.1 Å². The summed E-state index contributed by atoms with van der Waals surface area (Å²) in [6.45, 7) is 5.19. The molecule has 0 bridgehead atoms. The Morgan fingerprint density at radius 2 is 1.62 bits per heavy atom. The van der Waals surface area contributed by atoms with Crippen molar-refractivity contribution in [3.05, 3.63) is 71.3 Å². The zero-order valence-corrected chi connectivity index (χ0v) is 23.5. The molecule has 2 atom stereocenters. The number of hydrogen-bond acceptors (Lipinski definition) is 4. The summed E-state index contributed by atoms with van der Waals surface area (Å²) in [5.74, 6) is 0.768. The number of amides is 2. The molecule has 3 fully saturated rings. The molecule has 2 heterocycles.